The molecule has 0 aliphatic heterocycles. The number of halogens is 1. The lowest BCUT2D eigenvalue weighted by Crippen LogP contribution is -2.38. The van der Waals surface area contributed by atoms with Gasteiger partial charge in [-0.05, 0) is 30.3 Å². The van der Waals surface area contributed by atoms with Crippen LogP contribution < -0.4 is 0 Å². The van der Waals surface area contributed by atoms with Gasteiger partial charge in [0.25, 0.3) is 0 Å². The molecule has 2 aromatic carbocycles. The first-order chi connectivity index (χ1) is 13.8. The molecule has 0 saturated heterocycles. The summed E-state index contributed by atoms with van der Waals surface area (Å²) in [5.74, 6) is 0.157. The Kier molecular flexibility index (Phi) is 5.16. The van der Waals surface area contributed by atoms with Crippen molar-refractivity contribution in [3.8, 4) is 0 Å². The van der Waals surface area contributed by atoms with E-state index in [4.69, 9.17) is 4.42 Å². The number of aliphatic hydroxyl groups is 1. The highest BCUT2D eigenvalue weighted by atomic mass is 32.2. The molecule has 4 aromatic rings. The molecule has 1 unspecified atom stereocenters. The maximum atomic E-state index is 14.5. The van der Waals surface area contributed by atoms with Crippen LogP contribution in [-0.4, -0.2) is 41.3 Å². The molecule has 0 aliphatic rings. The Balaban J connectivity index is 1.66. The number of hydrogen-bond acceptors (Lipinski definition) is 4. The predicted octanol–water partition coefficient (Wildman–Crippen LogP) is 3.35. The van der Waals surface area contributed by atoms with Gasteiger partial charge >= 0.3 is 0 Å². The van der Waals surface area contributed by atoms with Crippen molar-refractivity contribution in [1.29, 1.82) is 0 Å². The summed E-state index contributed by atoms with van der Waals surface area (Å²) in [5.41, 5.74) is 1.44. The summed E-state index contributed by atoms with van der Waals surface area (Å²) in [4.78, 5) is 0. The van der Waals surface area contributed by atoms with Crippen molar-refractivity contribution in [1.82, 2.24) is 8.87 Å². The second kappa shape index (κ2) is 7.62. The topological polar surface area (TPSA) is 75.7 Å². The molecule has 0 spiro atoms. The largest absolute Gasteiger partial charge is 0.468 e. The molecule has 1 atom stereocenters. The third kappa shape index (κ3) is 3.91. The fourth-order valence-corrected chi connectivity index (χ4v) is 4.45. The van der Waals surface area contributed by atoms with E-state index in [9.17, 15) is 17.9 Å². The number of rotatable bonds is 7. The molecule has 0 aliphatic carbocycles. The molecule has 152 valence electrons. The smallest absolute Gasteiger partial charge is 0.211 e. The molecule has 29 heavy (non-hydrogen) atoms. The van der Waals surface area contributed by atoms with E-state index in [-0.39, 0.29) is 25.5 Å². The zero-order chi connectivity index (χ0) is 20.6. The Hall–Kier alpha value is -2.68. The van der Waals surface area contributed by atoms with Crippen LogP contribution in [0.5, 0.6) is 0 Å². The molecule has 2 heterocycles. The summed E-state index contributed by atoms with van der Waals surface area (Å²) < 4.78 is 47.1. The number of furan rings is 1. The minimum Gasteiger partial charge on any atom is -0.468 e. The van der Waals surface area contributed by atoms with E-state index in [0.29, 0.717) is 16.7 Å². The fourth-order valence-electron chi connectivity index (χ4n) is 3.65. The highest BCUT2D eigenvalue weighted by Crippen LogP contribution is 2.31. The normalized spacial score (nSPS) is 13.5. The van der Waals surface area contributed by atoms with Crippen molar-refractivity contribution in [2.45, 2.75) is 19.2 Å². The van der Waals surface area contributed by atoms with Crippen molar-refractivity contribution in [3.05, 3.63) is 72.4 Å². The monoisotopic (exact) mass is 416 g/mol. The number of hydrogen-bond donors (Lipinski definition) is 1. The first-order valence-electron chi connectivity index (χ1n) is 9.15. The molecule has 0 bridgehead atoms. The summed E-state index contributed by atoms with van der Waals surface area (Å²) in [7, 11) is -3.56. The first kappa shape index (κ1) is 19.6. The molecule has 0 radical (unpaired) electrons. The molecule has 0 saturated carbocycles. The van der Waals surface area contributed by atoms with Gasteiger partial charge in [-0.1, -0.05) is 24.3 Å². The lowest BCUT2D eigenvalue weighted by atomic mass is 10.1. The van der Waals surface area contributed by atoms with Gasteiger partial charge in [0.2, 0.25) is 10.0 Å². The molecule has 1 N–H and O–H groups in total. The summed E-state index contributed by atoms with van der Waals surface area (Å²) in [5, 5.41) is 12.0. The highest BCUT2D eigenvalue weighted by molar-refractivity contribution is 7.88. The van der Waals surface area contributed by atoms with Crippen LogP contribution in [0.1, 0.15) is 5.76 Å². The van der Waals surface area contributed by atoms with Gasteiger partial charge < -0.3 is 14.1 Å². The van der Waals surface area contributed by atoms with E-state index >= 15 is 0 Å². The van der Waals surface area contributed by atoms with Gasteiger partial charge in [-0.25, -0.2) is 12.8 Å². The maximum absolute atomic E-state index is 14.5. The number of aromatic nitrogens is 1. The van der Waals surface area contributed by atoms with Crippen molar-refractivity contribution in [3.63, 3.8) is 0 Å². The molecule has 2 aromatic heterocycles. The maximum Gasteiger partial charge on any atom is 0.211 e. The molecule has 8 heteroatoms. The third-order valence-corrected chi connectivity index (χ3v) is 6.15. The summed E-state index contributed by atoms with van der Waals surface area (Å²) in [6.45, 7) is 0.0468. The Morgan fingerprint density at radius 3 is 2.59 bits per heavy atom. The van der Waals surface area contributed by atoms with Crippen LogP contribution in [0.3, 0.4) is 0 Å². The van der Waals surface area contributed by atoms with Crippen molar-refractivity contribution in [2.24, 2.45) is 0 Å². The number of sulfonamides is 1. The van der Waals surface area contributed by atoms with Crippen molar-refractivity contribution < 1.29 is 22.3 Å². The Morgan fingerprint density at radius 2 is 1.86 bits per heavy atom. The van der Waals surface area contributed by atoms with Crippen LogP contribution in [0.25, 0.3) is 21.8 Å². The van der Waals surface area contributed by atoms with Gasteiger partial charge in [0.05, 0.1) is 37.2 Å². The van der Waals surface area contributed by atoms with Crippen LogP contribution in [0.4, 0.5) is 4.39 Å². The molecular formula is C21H21FN2O4S. The minimum absolute atomic E-state index is 0.0324. The summed E-state index contributed by atoms with van der Waals surface area (Å²) in [6.07, 6.45) is 1.57. The third-order valence-electron chi connectivity index (χ3n) is 4.94. The molecular weight excluding hydrogens is 395 g/mol. The van der Waals surface area contributed by atoms with Gasteiger partial charge in [0, 0.05) is 22.8 Å². The molecule has 0 amide bonds. The highest BCUT2D eigenvalue weighted by Gasteiger charge is 2.23. The lowest BCUT2D eigenvalue weighted by Gasteiger charge is -2.23. The number of aliphatic hydroxyl groups excluding tert-OH is 1. The lowest BCUT2D eigenvalue weighted by molar-refractivity contribution is 0.127. The van der Waals surface area contributed by atoms with Gasteiger partial charge in [0.15, 0.2) is 0 Å². The van der Waals surface area contributed by atoms with Crippen LogP contribution in [0.15, 0.2) is 65.3 Å². The Morgan fingerprint density at radius 1 is 1.10 bits per heavy atom. The average molecular weight is 416 g/mol. The number of fused-ring (bicyclic) bond motifs is 3. The molecule has 4 rings (SSSR count). The summed E-state index contributed by atoms with van der Waals surface area (Å²) in [6, 6.07) is 15.6. The van der Waals surface area contributed by atoms with Crippen LogP contribution in [0.2, 0.25) is 0 Å². The Labute approximate surface area is 167 Å². The number of para-hydroxylation sites is 1. The van der Waals surface area contributed by atoms with Crippen LogP contribution in [-0.2, 0) is 23.1 Å². The van der Waals surface area contributed by atoms with E-state index < -0.39 is 16.1 Å². The molecule has 0 fully saturated rings. The second-order valence-electron chi connectivity index (χ2n) is 7.05. The SMILES string of the molecule is CS(=O)(=O)N(Cc1ccco1)CC(O)Cn1c2ccccc2c2c(F)cccc21. The van der Waals surface area contributed by atoms with E-state index in [0.717, 1.165) is 17.2 Å². The number of nitrogens with zero attached hydrogens (tertiary/aromatic N) is 2. The van der Waals surface area contributed by atoms with Gasteiger partial charge in [-0.15, -0.1) is 0 Å². The average Bonchev–Trinajstić information content (AvgIpc) is 3.28. The van der Waals surface area contributed by atoms with Crippen molar-refractivity contribution in [2.75, 3.05) is 12.8 Å². The fraction of sp³-hybridized carbons (Fsp3) is 0.238. The van der Waals surface area contributed by atoms with E-state index in [1.165, 1.54) is 16.6 Å². The van der Waals surface area contributed by atoms with Gasteiger partial charge in [-0.3, -0.25) is 0 Å². The first-order valence-corrected chi connectivity index (χ1v) is 11.0. The standard InChI is InChI=1S/C21H21FN2O4S/c1-29(26,27)23(14-16-6-5-11-28-16)12-15(25)13-24-19-9-3-2-7-17(19)21-18(22)8-4-10-20(21)24/h2-11,15,25H,12-14H2,1H3. The minimum atomic E-state index is -3.56. The van der Waals surface area contributed by atoms with Crippen LogP contribution in [0, 0.1) is 5.82 Å². The van der Waals surface area contributed by atoms with Crippen LogP contribution >= 0.6 is 0 Å². The predicted molar refractivity (Wildman–Crippen MR) is 109 cm³/mol. The summed E-state index contributed by atoms with van der Waals surface area (Å²) >= 11 is 0. The molecule has 6 nitrogen and oxygen atoms in total. The van der Waals surface area contributed by atoms with E-state index in [1.54, 1.807) is 24.3 Å². The quantitative estimate of drug-likeness (QED) is 0.501. The van der Waals surface area contributed by atoms with E-state index in [2.05, 4.69) is 0 Å². The van der Waals surface area contributed by atoms with Gasteiger partial charge in [0.1, 0.15) is 11.6 Å². The van der Waals surface area contributed by atoms with Gasteiger partial charge in [-0.2, -0.15) is 4.31 Å². The zero-order valence-corrected chi connectivity index (χ0v) is 16.6. The number of benzene rings is 2. The zero-order valence-electron chi connectivity index (χ0n) is 15.8. The second-order valence-corrected chi connectivity index (χ2v) is 9.03. The van der Waals surface area contributed by atoms with Crippen molar-refractivity contribution >= 4 is 31.8 Å². The van der Waals surface area contributed by atoms with E-state index in [1.807, 2.05) is 28.8 Å². The Bertz CT molecular complexity index is 1250.